The average molecular weight is 319 g/mol. The van der Waals surface area contributed by atoms with Crippen LogP contribution in [0.25, 0.3) is 0 Å². The number of rotatable bonds is 3. The zero-order chi connectivity index (χ0) is 15.2. The van der Waals surface area contributed by atoms with Crippen LogP contribution in [0.3, 0.4) is 0 Å². The van der Waals surface area contributed by atoms with Crippen LogP contribution in [-0.4, -0.2) is 12.5 Å². The van der Waals surface area contributed by atoms with Crippen molar-refractivity contribution in [2.24, 2.45) is 5.73 Å². The maximum Gasteiger partial charge on any atom is 0.263 e. The van der Waals surface area contributed by atoms with E-state index in [0.29, 0.717) is 15.5 Å². The lowest BCUT2D eigenvalue weighted by molar-refractivity contribution is 0.0944. The Labute approximate surface area is 133 Å². The van der Waals surface area contributed by atoms with Crippen molar-refractivity contribution in [1.82, 2.24) is 5.32 Å². The lowest BCUT2D eigenvalue weighted by Gasteiger charge is -2.14. The molecule has 1 heterocycles. The summed E-state index contributed by atoms with van der Waals surface area (Å²) in [6, 6.07) is 9.14. The van der Waals surface area contributed by atoms with Gasteiger partial charge in [-0.25, -0.2) is 0 Å². The Morgan fingerprint density at radius 1 is 1.38 bits per heavy atom. The molecule has 21 heavy (non-hydrogen) atoms. The Kier molecular flexibility index (Phi) is 5.40. The van der Waals surface area contributed by atoms with Gasteiger partial charge in [0.05, 0.1) is 12.6 Å². The van der Waals surface area contributed by atoms with Crippen LogP contribution >= 0.6 is 22.9 Å². The van der Waals surface area contributed by atoms with E-state index in [1.807, 2.05) is 42.6 Å². The van der Waals surface area contributed by atoms with Crippen LogP contribution in [0, 0.1) is 11.8 Å². The fourth-order valence-electron chi connectivity index (χ4n) is 1.83. The standard InChI is InChI=1S/C16H15ClN2OS/c1-11(12-4-6-14(17)7-5-12)19-16(20)15-13(3-2-9-18)8-10-21-15/h4-8,10-11H,9,18H2,1H3,(H,19,20). The molecule has 0 aliphatic heterocycles. The van der Waals surface area contributed by atoms with Crippen molar-refractivity contribution in [1.29, 1.82) is 0 Å². The minimum atomic E-state index is -0.131. The van der Waals surface area contributed by atoms with Crippen LogP contribution in [0.15, 0.2) is 35.7 Å². The number of carbonyl (C=O) groups excluding carboxylic acids is 1. The van der Waals surface area contributed by atoms with Crippen LogP contribution in [-0.2, 0) is 0 Å². The van der Waals surface area contributed by atoms with Gasteiger partial charge in [0, 0.05) is 10.6 Å². The first kappa shape index (κ1) is 15.6. The summed E-state index contributed by atoms with van der Waals surface area (Å²) in [6.45, 7) is 2.21. The van der Waals surface area contributed by atoms with E-state index in [4.69, 9.17) is 17.3 Å². The van der Waals surface area contributed by atoms with E-state index in [1.54, 1.807) is 0 Å². The first-order chi connectivity index (χ1) is 10.1. The van der Waals surface area contributed by atoms with E-state index in [2.05, 4.69) is 17.2 Å². The number of hydrogen-bond acceptors (Lipinski definition) is 3. The molecule has 3 N–H and O–H groups in total. The molecular weight excluding hydrogens is 304 g/mol. The quantitative estimate of drug-likeness (QED) is 0.854. The molecule has 0 saturated carbocycles. The Hall–Kier alpha value is -1.80. The predicted octanol–water partition coefficient (Wildman–Crippen LogP) is 3.20. The normalized spacial score (nSPS) is 11.4. The van der Waals surface area contributed by atoms with Crippen LogP contribution in [0.5, 0.6) is 0 Å². The fourth-order valence-corrected chi connectivity index (χ4v) is 2.70. The molecule has 5 heteroatoms. The molecule has 1 aromatic heterocycles. The summed E-state index contributed by atoms with van der Waals surface area (Å²) in [5.74, 6) is 5.55. The highest BCUT2D eigenvalue weighted by molar-refractivity contribution is 7.12. The average Bonchev–Trinajstić information content (AvgIpc) is 2.94. The molecule has 0 aliphatic rings. The molecule has 108 valence electrons. The van der Waals surface area contributed by atoms with Crippen LogP contribution in [0.4, 0.5) is 0 Å². The molecule has 0 spiro atoms. The van der Waals surface area contributed by atoms with Crippen molar-refractivity contribution in [3.05, 3.63) is 56.7 Å². The molecule has 0 aliphatic carbocycles. The van der Waals surface area contributed by atoms with Crippen molar-refractivity contribution in [2.75, 3.05) is 6.54 Å². The molecule has 1 aromatic carbocycles. The maximum atomic E-state index is 12.3. The number of nitrogens with one attached hydrogen (secondary N) is 1. The monoisotopic (exact) mass is 318 g/mol. The third-order valence-corrected chi connectivity index (χ3v) is 4.08. The van der Waals surface area contributed by atoms with Crippen molar-refractivity contribution in [2.45, 2.75) is 13.0 Å². The zero-order valence-electron chi connectivity index (χ0n) is 11.5. The Balaban J connectivity index is 2.11. The molecule has 0 bridgehead atoms. The zero-order valence-corrected chi connectivity index (χ0v) is 13.1. The second-order valence-corrected chi connectivity index (χ2v) is 5.77. The lowest BCUT2D eigenvalue weighted by atomic mass is 10.1. The Morgan fingerprint density at radius 2 is 2.10 bits per heavy atom. The molecule has 0 saturated heterocycles. The number of nitrogens with two attached hydrogens (primary N) is 1. The lowest BCUT2D eigenvalue weighted by Crippen LogP contribution is -2.26. The molecule has 2 rings (SSSR count). The van der Waals surface area contributed by atoms with Gasteiger partial charge in [0.15, 0.2) is 0 Å². The summed E-state index contributed by atoms with van der Waals surface area (Å²) < 4.78 is 0. The highest BCUT2D eigenvalue weighted by Crippen LogP contribution is 2.19. The number of carbonyl (C=O) groups is 1. The topological polar surface area (TPSA) is 55.1 Å². The first-order valence-electron chi connectivity index (χ1n) is 6.44. The summed E-state index contributed by atoms with van der Waals surface area (Å²) in [5, 5.41) is 5.49. The van der Waals surface area contributed by atoms with E-state index >= 15 is 0 Å². The molecule has 3 nitrogen and oxygen atoms in total. The second-order valence-electron chi connectivity index (χ2n) is 4.42. The maximum absolute atomic E-state index is 12.3. The summed E-state index contributed by atoms with van der Waals surface area (Å²) in [5.41, 5.74) is 7.07. The molecule has 1 amide bonds. The largest absolute Gasteiger partial charge is 0.345 e. The van der Waals surface area contributed by atoms with Gasteiger partial charge >= 0.3 is 0 Å². The summed E-state index contributed by atoms with van der Waals surface area (Å²) in [6.07, 6.45) is 0. The summed E-state index contributed by atoms with van der Waals surface area (Å²) >= 11 is 7.23. The molecule has 0 fully saturated rings. The fraction of sp³-hybridized carbons (Fsp3) is 0.188. The van der Waals surface area contributed by atoms with Gasteiger partial charge in [-0.15, -0.1) is 11.3 Å². The molecule has 0 radical (unpaired) electrons. The summed E-state index contributed by atoms with van der Waals surface area (Å²) in [4.78, 5) is 12.9. The van der Waals surface area contributed by atoms with Gasteiger partial charge in [0.2, 0.25) is 0 Å². The van der Waals surface area contributed by atoms with E-state index in [9.17, 15) is 4.79 Å². The van der Waals surface area contributed by atoms with E-state index < -0.39 is 0 Å². The molecule has 1 unspecified atom stereocenters. The van der Waals surface area contributed by atoms with E-state index in [-0.39, 0.29) is 18.5 Å². The number of hydrogen-bond donors (Lipinski definition) is 2. The molecule has 2 aromatic rings. The highest BCUT2D eigenvalue weighted by atomic mass is 35.5. The first-order valence-corrected chi connectivity index (χ1v) is 7.70. The minimum Gasteiger partial charge on any atom is -0.345 e. The number of benzene rings is 1. The minimum absolute atomic E-state index is 0.104. The van der Waals surface area contributed by atoms with Crippen molar-refractivity contribution >= 4 is 28.8 Å². The van der Waals surface area contributed by atoms with Crippen LogP contribution < -0.4 is 11.1 Å². The Morgan fingerprint density at radius 3 is 2.76 bits per heavy atom. The predicted molar refractivity (Wildman–Crippen MR) is 87.6 cm³/mol. The number of halogens is 1. The number of amides is 1. The van der Waals surface area contributed by atoms with Gasteiger partial charge in [-0.05, 0) is 36.1 Å². The Bertz CT molecular complexity index is 682. The highest BCUT2D eigenvalue weighted by Gasteiger charge is 2.15. The summed E-state index contributed by atoms with van der Waals surface area (Å²) in [7, 11) is 0. The van der Waals surface area contributed by atoms with Crippen molar-refractivity contribution < 1.29 is 4.79 Å². The SMILES string of the molecule is CC(NC(=O)c1sccc1C#CCN)c1ccc(Cl)cc1. The van der Waals surface area contributed by atoms with Gasteiger partial charge in [-0.1, -0.05) is 35.6 Å². The van der Waals surface area contributed by atoms with Crippen LogP contribution in [0.1, 0.15) is 33.8 Å². The van der Waals surface area contributed by atoms with Gasteiger partial charge < -0.3 is 11.1 Å². The molecule has 1 atom stereocenters. The third-order valence-electron chi connectivity index (χ3n) is 2.91. The third kappa shape index (κ3) is 4.08. The van der Waals surface area contributed by atoms with Gasteiger partial charge in [0.1, 0.15) is 4.88 Å². The van der Waals surface area contributed by atoms with E-state index in [1.165, 1.54) is 11.3 Å². The second kappa shape index (κ2) is 7.28. The van der Waals surface area contributed by atoms with Crippen molar-refractivity contribution in [3.8, 4) is 11.8 Å². The van der Waals surface area contributed by atoms with Gasteiger partial charge in [-0.2, -0.15) is 0 Å². The van der Waals surface area contributed by atoms with Gasteiger partial charge in [0.25, 0.3) is 5.91 Å². The van der Waals surface area contributed by atoms with Crippen molar-refractivity contribution in [3.63, 3.8) is 0 Å². The van der Waals surface area contributed by atoms with E-state index in [0.717, 1.165) is 5.56 Å². The van der Waals surface area contributed by atoms with Gasteiger partial charge in [-0.3, -0.25) is 4.79 Å². The molecular formula is C16H15ClN2OS. The van der Waals surface area contributed by atoms with Crippen LogP contribution in [0.2, 0.25) is 5.02 Å². The number of thiophene rings is 1. The smallest absolute Gasteiger partial charge is 0.263 e.